The molecule has 3 heteroatoms. The Morgan fingerprint density at radius 2 is 2.18 bits per heavy atom. The third kappa shape index (κ3) is 1.59. The first-order chi connectivity index (χ1) is 5.06. The van der Waals surface area contributed by atoms with Crippen LogP contribution in [0.4, 0.5) is 0 Å². The van der Waals surface area contributed by atoms with Gasteiger partial charge >= 0.3 is 5.97 Å². The van der Waals surface area contributed by atoms with Gasteiger partial charge in [0.05, 0.1) is 0 Å². The van der Waals surface area contributed by atoms with E-state index in [9.17, 15) is 4.79 Å². The predicted molar refractivity (Wildman–Crippen MR) is 42.5 cm³/mol. The van der Waals surface area contributed by atoms with Crippen LogP contribution in [0.15, 0.2) is 4.99 Å². The lowest BCUT2D eigenvalue weighted by molar-refractivity contribution is -0.138. The van der Waals surface area contributed by atoms with Crippen LogP contribution >= 0.6 is 0 Å². The Labute approximate surface area is 66.5 Å². The number of cyclic esters (lactones) is 1. The first kappa shape index (κ1) is 8.24. The maximum Gasteiger partial charge on any atom is 0.340 e. The van der Waals surface area contributed by atoms with E-state index in [2.05, 4.69) is 4.99 Å². The zero-order chi connectivity index (χ0) is 8.48. The third-order valence-electron chi connectivity index (χ3n) is 1.58. The van der Waals surface area contributed by atoms with Crippen molar-refractivity contribution in [3.8, 4) is 0 Å². The van der Waals surface area contributed by atoms with E-state index in [-0.39, 0.29) is 5.97 Å². The average Bonchev–Trinajstić information content (AvgIpc) is 2.08. The number of ether oxygens (including phenoxy) is 1. The van der Waals surface area contributed by atoms with Crippen molar-refractivity contribution in [1.29, 1.82) is 0 Å². The summed E-state index contributed by atoms with van der Waals surface area (Å²) in [5.41, 5.74) is -0.648. The van der Waals surface area contributed by atoms with Crippen LogP contribution < -0.4 is 0 Å². The zero-order valence-corrected chi connectivity index (χ0v) is 7.18. The lowest BCUT2D eigenvalue weighted by Gasteiger charge is -2.05. The minimum absolute atomic E-state index is 0.235. The largest absolute Gasteiger partial charge is 0.410 e. The molecule has 0 aromatic carbocycles. The molecule has 1 aliphatic rings. The van der Waals surface area contributed by atoms with Crippen molar-refractivity contribution in [3.63, 3.8) is 0 Å². The summed E-state index contributed by atoms with van der Waals surface area (Å²) in [6.45, 7) is 5.55. The van der Waals surface area contributed by atoms with E-state index in [1.54, 1.807) is 13.8 Å². The van der Waals surface area contributed by atoms with Gasteiger partial charge in [-0.1, -0.05) is 6.92 Å². The van der Waals surface area contributed by atoms with Crippen LogP contribution in [0.3, 0.4) is 0 Å². The van der Waals surface area contributed by atoms with Gasteiger partial charge < -0.3 is 4.74 Å². The van der Waals surface area contributed by atoms with Crippen molar-refractivity contribution >= 4 is 11.9 Å². The fourth-order valence-corrected chi connectivity index (χ4v) is 0.933. The number of hydrogen-bond donors (Lipinski definition) is 0. The Balaban J connectivity index is 2.68. The number of carbonyl (C=O) groups excluding carboxylic acids is 1. The lowest BCUT2D eigenvalue weighted by atomic mass is 10.1. The number of nitrogens with zero attached hydrogens (tertiary/aromatic N) is 1. The summed E-state index contributed by atoms with van der Waals surface area (Å²) in [5.74, 6) is 0.350. The molecule has 11 heavy (non-hydrogen) atoms. The molecule has 0 aliphatic carbocycles. The van der Waals surface area contributed by atoms with E-state index < -0.39 is 5.54 Å². The van der Waals surface area contributed by atoms with Gasteiger partial charge in [-0.15, -0.1) is 0 Å². The minimum Gasteiger partial charge on any atom is -0.410 e. The summed E-state index contributed by atoms with van der Waals surface area (Å²) in [6.07, 6.45) is 1.72. The Kier molecular flexibility index (Phi) is 1.98. The maximum atomic E-state index is 11.0. The Morgan fingerprint density at radius 1 is 1.55 bits per heavy atom. The van der Waals surface area contributed by atoms with Gasteiger partial charge in [0.2, 0.25) is 0 Å². The van der Waals surface area contributed by atoms with Crippen LogP contribution in [0.1, 0.15) is 33.6 Å². The molecule has 1 heterocycles. The first-order valence-corrected chi connectivity index (χ1v) is 3.87. The average molecular weight is 155 g/mol. The number of aliphatic imine (C=N–C) groups is 1. The molecular weight excluding hydrogens is 142 g/mol. The Hall–Kier alpha value is -0.860. The van der Waals surface area contributed by atoms with Gasteiger partial charge in [-0.2, -0.15) is 0 Å². The van der Waals surface area contributed by atoms with E-state index in [0.717, 1.165) is 12.8 Å². The second-order valence-electron chi connectivity index (χ2n) is 3.20. The van der Waals surface area contributed by atoms with Crippen molar-refractivity contribution in [2.45, 2.75) is 39.2 Å². The summed E-state index contributed by atoms with van der Waals surface area (Å²) in [4.78, 5) is 15.2. The topological polar surface area (TPSA) is 38.7 Å². The summed E-state index contributed by atoms with van der Waals surface area (Å²) in [5, 5.41) is 0. The highest BCUT2D eigenvalue weighted by atomic mass is 16.6. The Bertz CT molecular complexity index is 206. The molecule has 0 aromatic rings. The summed E-state index contributed by atoms with van der Waals surface area (Å²) >= 11 is 0. The van der Waals surface area contributed by atoms with Crippen molar-refractivity contribution in [2.75, 3.05) is 0 Å². The molecule has 0 unspecified atom stereocenters. The third-order valence-corrected chi connectivity index (χ3v) is 1.58. The standard InChI is InChI=1S/C8H13NO2/c1-4-5-6-9-8(2,3)7(10)11-6/h4-5H2,1-3H3. The van der Waals surface area contributed by atoms with Crippen LogP contribution in [0.2, 0.25) is 0 Å². The van der Waals surface area contributed by atoms with Gasteiger partial charge in [0, 0.05) is 6.42 Å². The Morgan fingerprint density at radius 3 is 2.55 bits per heavy atom. The molecule has 0 N–H and O–H groups in total. The summed E-state index contributed by atoms with van der Waals surface area (Å²) in [6, 6.07) is 0. The number of esters is 1. The van der Waals surface area contributed by atoms with Gasteiger partial charge in [0.15, 0.2) is 11.4 Å². The molecule has 1 aliphatic heterocycles. The molecule has 0 fully saturated rings. The lowest BCUT2D eigenvalue weighted by Crippen LogP contribution is -2.25. The van der Waals surface area contributed by atoms with Crippen LogP contribution in [0.25, 0.3) is 0 Å². The van der Waals surface area contributed by atoms with Gasteiger partial charge in [-0.05, 0) is 20.3 Å². The molecule has 0 amide bonds. The molecule has 62 valence electrons. The highest BCUT2D eigenvalue weighted by Crippen LogP contribution is 2.20. The van der Waals surface area contributed by atoms with Gasteiger partial charge in [0.1, 0.15) is 0 Å². The van der Waals surface area contributed by atoms with E-state index in [1.165, 1.54) is 0 Å². The van der Waals surface area contributed by atoms with Gasteiger partial charge in [0.25, 0.3) is 0 Å². The fraction of sp³-hybridized carbons (Fsp3) is 0.750. The van der Waals surface area contributed by atoms with Crippen LogP contribution in [-0.2, 0) is 9.53 Å². The van der Waals surface area contributed by atoms with Crippen molar-refractivity contribution in [3.05, 3.63) is 0 Å². The smallest absolute Gasteiger partial charge is 0.340 e. The molecule has 0 saturated carbocycles. The van der Waals surface area contributed by atoms with Crippen molar-refractivity contribution in [2.24, 2.45) is 4.99 Å². The number of hydrogen-bond acceptors (Lipinski definition) is 3. The SMILES string of the molecule is CCCC1=NC(C)(C)C(=O)O1. The number of carbonyl (C=O) groups is 1. The molecule has 0 aromatic heterocycles. The molecule has 0 bridgehead atoms. The summed E-state index contributed by atoms with van der Waals surface area (Å²) in [7, 11) is 0. The normalized spacial score (nSPS) is 21.4. The molecule has 3 nitrogen and oxygen atoms in total. The molecule has 0 saturated heterocycles. The van der Waals surface area contributed by atoms with Gasteiger partial charge in [-0.25, -0.2) is 9.79 Å². The van der Waals surface area contributed by atoms with E-state index in [4.69, 9.17) is 4.74 Å². The highest BCUT2D eigenvalue weighted by molar-refractivity contribution is 5.99. The molecule has 0 spiro atoms. The van der Waals surface area contributed by atoms with Gasteiger partial charge in [-0.3, -0.25) is 0 Å². The van der Waals surface area contributed by atoms with Crippen molar-refractivity contribution < 1.29 is 9.53 Å². The minimum atomic E-state index is -0.648. The predicted octanol–water partition coefficient (Wildman–Crippen LogP) is 1.52. The molecule has 0 radical (unpaired) electrons. The van der Waals surface area contributed by atoms with E-state index in [0.29, 0.717) is 5.90 Å². The molecule has 1 rings (SSSR count). The quantitative estimate of drug-likeness (QED) is 0.567. The monoisotopic (exact) mass is 155 g/mol. The van der Waals surface area contributed by atoms with Crippen LogP contribution in [-0.4, -0.2) is 17.4 Å². The van der Waals surface area contributed by atoms with E-state index >= 15 is 0 Å². The molecular formula is C8H13NO2. The van der Waals surface area contributed by atoms with E-state index in [1.807, 2.05) is 6.92 Å². The van der Waals surface area contributed by atoms with Crippen molar-refractivity contribution in [1.82, 2.24) is 0 Å². The van der Waals surface area contributed by atoms with Crippen LogP contribution in [0.5, 0.6) is 0 Å². The maximum absolute atomic E-state index is 11.0. The molecule has 0 atom stereocenters. The highest BCUT2D eigenvalue weighted by Gasteiger charge is 2.36. The summed E-state index contributed by atoms with van der Waals surface area (Å²) < 4.78 is 4.93. The first-order valence-electron chi connectivity index (χ1n) is 3.87. The second kappa shape index (κ2) is 2.64. The number of rotatable bonds is 2. The second-order valence-corrected chi connectivity index (χ2v) is 3.20. The van der Waals surface area contributed by atoms with Crippen LogP contribution in [0, 0.1) is 0 Å². The fourth-order valence-electron chi connectivity index (χ4n) is 0.933. The zero-order valence-electron chi connectivity index (χ0n) is 7.18.